The molecule has 0 unspecified atom stereocenters. The summed E-state index contributed by atoms with van der Waals surface area (Å²) in [6, 6.07) is 5.60. The number of halogens is 1. The third-order valence-electron chi connectivity index (χ3n) is 4.52. The molecule has 21 heavy (non-hydrogen) atoms. The van der Waals surface area contributed by atoms with Crippen molar-refractivity contribution in [3.8, 4) is 0 Å². The van der Waals surface area contributed by atoms with Crippen LogP contribution >= 0.6 is 0 Å². The number of β-amino-alcohol motifs (C(OH)–C–C–N with tert-alkyl or cyclic N) is 1. The molecule has 1 aromatic rings. The molecule has 1 aromatic carbocycles. The second-order valence-corrected chi connectivity index (χ2v) is 5.86. The first-order valence-electron chi connectivity index (χ1n) is 7.36. The zero-order valence-electron chi connectivity index (χ0n) is 11.7. The average Bonchev–Trinajstić information content (AvgIpc) is 2.73. The fraction of sp³-hybridized carbons (Fsp3) is 0.500. The van der Waals surface area contributed by atoms with E-state index in [-0.39, 0.29) is 30.2 Å². The highest BCUT2D eigenvalue weighted by Gasteiger charge is 2.48. The van der Waals surface area contributed by atoms with E-state index in [0.29, 0.717) is 5.56 Å². The molecule has 1 saturated heterocycles. The van der Waals surface area contributed by atoms with E-state index in [0.717, 1.165) is 30.6 Å². The number of hydrogen-bond acceptors (Lipinski definition) is 3. The van der Waals surface area contributed by atoms with Crippen molar-refractivity contribution in [1.82, 2.24) is 4.90 Å². The molecule has 2 aliphatic rings. The summed E-state index contributed by atoms with van der Waals surface area (Å²) in [4.78, 5) is 25.8. The molecule has 1 N–H and O–H groups in total. The van der Waals surface area contributed by atoms with Gasteiger partial charge in [-0.1, -0.05) is 25.0 Å². The van der Waals surface area contributed by atoms with Crippen LogP contribution in [-0.4, -0.2) is 28.4 Å². The van der Waals surface area contributed by atoms with Gasteiger partial charge in [-0.25, -0.2) is 4.39 Å². The molecule has 2 amide bonds. The first-order valence-corrected chi connectivity index (χ1v) is 7.36. The summed E-state index contributed by atoms with van der Waals surface area (Å²) in [6.45, 7) is -0.0892. The van der Waals surface area contributed by atoms with Crippen LogP contribution in [0.4, 0.5) is 4.39 Å². The molecule has 0 radical (unpaired) electrons. The highest BCUT2D eigenvalue weighted by molar-refractivity contribution is 6.05. The molecule has 1 aliphatic heterocycles. The maximum Gasteiger partial charge on any atom is 0.233 e. The quantitative estimate of drug-likeness (QED) is 0.867. The first kappa shape index (κ1) is 14.2. The van der Waals surface area contributed by atoms with Crippen molar-refractivity contribution < 1.29 is 19.1 Å². The van der Waals surface area contributed by atoms with Crippen LogP contribution in [0.3, 0.4) is 0 Å². The van der Waals surface area contributed by atoms with E-state index in [9.17, 15) is 19.1 Å². The summed E-state index contributed by atoms with van der Waals surface area (Å²) >= 11 is 0. The van der Waals surface area contributed by atoms with Gasteiger partial charge in [0.05, 0.1) is 24.5 Å². The molecule has 3 atom stereocenters. The smallest absolute Gasteiger partial charge is 0.233 e. The number of fused-ring (bicyclic) bond motifs is 1. The van der Waals surface area contributed by atoms with Gasteiger partial charge in [0, 0.05) is 0 Å². The van der Waals surface area contributed by atoms with Gasteiger partial charge in [0.2, 0.25) is 11.8 Å². The Kier molecular flexibility index (Phi) is 3.76. The van der Waals surface area contributed by atoms with E-state index >= 15 is 0 Å². The van der Waals surface area contributed by atoms with Crippen LogP contribution in [0.15, 0.2) is 24.3 Å². The zero-order valence-corrected chi connectivity index (χ0v) is 11.7. The van der Waals surface area contributed by atoms with E-state index in [4.69, 9.17) is 0 Å². The van der Waals surface area contributed by atoms with Gasteiger partial charge in [0.15, 0.2) is 0 Å². The van der Waals surface area contributed by atoms with Crippen molar-refractivity contribution in [3.05, 3.63) is 35.6 Å². The van der Waals surface area contributed by atoms with Crippen LogP contribution in [0.25, 0.3) is 0 Å². The number of benzene rings is 1. The van der Waals surface area contributed by atoms with E-state index in [1.165, 1.54) is 18.2 Å². The number of imide groups is 1. The lowest BCUT2D eigenvalue weighted by atomic mass is 9.81. The Hall–Kier alpha value is -1.75. The molecule has 0 aromatic heterocycles. The molecule has 1 saturated carbocycles. The zero-order chi connectivity index (χ0) is 15.0. The Balaban J connectivity index is 1.75. The monoisotopic (exact) mass is 291 g/mol. The Bertz CT molecular complexity index is 550. The number of hydrogen-bond donors (Lipinski definition) is 1. The molecule has 3 rings (SSSR count). The van der Waals surface area contributed by atoms with E-state index in [1.807, 2.05) is 0 Å². The number of aliphatic hydroxyl groups excluding tert-OH is 1. The standard InChI is InChI=1S/C16H18FNO3/c17-11-5-3-4-10(8-11)14(19)9-18-15(20)12-6-1-2-7-13(12)16(18)21/h3-5,8,12-14,19H,1-2,6-7,9H2/t12-,13+,14-/m0/s1. The Morgan fingerprint density at radius 1 is 1.19 bits per heavy atom. The number of carbonyl (C=O) groups is 2. The molecule has 0 spiro atoms. The molecule has 1 heterocycles. The number of amides is 2. The summed E-state index contributed by atoms with van der Waals surface area (Å²) in [5.74, 6) is -1.24. The summed E-state index contributed by atoms with van der Waals surface area (Å²) in [7, 11) is 0. The summed E-state index contributed by atoms with van der Waals surface area (Å²) in [5, 5.41) is 10.2. The van der Waals surface area contributed by atoms with Crippen LogP contribution in [0.5, 0.6) is 0 Å². The van der Waals surface area contributed by atoms with Gasteiger partial charge < -0.3 is 5.11 Å². The molecule has 1 aliphatic carbocycles. The Morgan fingerprint density at radius 3 is 2.38 bits per heavy atom. The number of likely N-dealkylation sites (tertiary alicyclic amines) is 1. The number of carbonyl (C=O) groups excluding carboxylic acids is 2. The van der Waals surface area contributed by atoms with Crippen molar-refractivity contribution in [3.63, 3.8) is 0 Å². The fourth-order valence-corrected chi connectivity index (χ4v) is 3.40. The molecular formula is C16H18FNO3. The second-order valence-electron chi connectivity index (χ2n) is 5.86. The minimum atomic E-state index is -1.05. The molecule has 2 fully saturated rings. The van der Waals surface area contributed by atoms with Crippen molar-refractivity contribution in [2.75, 3.05) is 6.54 Å². The highest BCUT2D eigenvalue weighted by atomic mass is 19.1. The molecular weight excluding hydrogens is 273 g/mol. The van der Waals surface area contributed by atoms with Crippen molar-refractivity contribution in [2.24, 2.45) is 11.8 Å². The minimum absolute atomic E-state index is 0.0892. The number of nitrogens with zero attached hydrogens (tertiary/aromatic N) is 1. The average molecular weight is 291 g/mol. The largest absolute Gasteiger partial charge is 0.387 e. The SMILES string of the molecule is O=C1[C@H]2CCCC[C@H]2C(=O)N1C[C@H](O)c1cccc(F)c1. The minimum Gasteiger partial charge on any atom is -0.387 e. The summed E-state index contributed by atoms with van der Waals surface area (Å²) < 4.78 is 13.2. The molecule has 4 nitrogen and oxygen atoms in total. The molecule has 0 bridgehead atoms. The third kappa shape index (κ3) is 2.58. The van der Waals surface area contributed by atoms with Crippen molar-refractivity contribution >= 4 is 11.8 Å². The Labute approximate surface area is 122 Å². The Morgan fingerprint density at radius 2 is 1.81 bits per heavy atom. The summed E-state index contributed by atoms with van der Waals surface area (Å²) in [5.41, 5.74) is 0.380. The number of aliphatic hydroxyl groups is 1. The molecule has 112 valence electrons. The van der Waals surface area contributed by atoms with E-state index in [2.05, 4.69) is 0 Å². The van der Waals surface area contributed by atoms with Gasteiger partial charge in [0.1, 0.15) is 5.82 Å². The van der Waals surface area contributed by atoms with Crippen molar-refractivity contribution in [2.45, 2.75) is 31.8 Å². The predicted molar refractivity (Wildman–Crippen MR) is 73.5 cm³/mol. The van der Waals surface area contributed by atoms with Gasteiger partial charge in [-0.2, -0.15) is 0 Å². The lowest BCUT2D eigenvalue weighted by Crippen LogP contribution is -2.35. The first-order chi connectivity index (χ1) is 10.1. The van der Waals surface area contributed by atoms with Gasteiger partial charge in [-0.15, -0.1) is 0 Å². The van der Waals surface area contributed by atoms with Crippen LogP contribution in [0, 0.1) is 17.7 Å². The molecule has 5 heteroatoms. The lowest BCUT2D eigenvalue weighted by Gasteiger charge is -2.19. The number of rotatable bonds is 3. The normalized spacial score (nSPS) is 26.9. The van der Waals surface area contributed by atoms with E-state index in [1.54, 1.807) is 6.07 Å². The van der Waals surface area contributed by atoms with Gasteiger partial charge in [-0.3, -0.25) is 14.5 Å². The summed E-state index contributed by atoms with van der Waals surface area (Å²) in [6.07, 6.45) is 2.40. The van der Waals surface area contributed by atoms with Crippen LogP contribution in [0.1, 0.15) is 37.4 Å². The maximum absolute atomic E-state index is 13.2. The van der Waals surface area contributed by atoms with Gasteiger partial charge >= 0.3 is 0 Å². The van der Waals surface area contributed by atoms with Gasteiger partial charge in [-0.05, 0) is 30.5 Å². The third-order valence-corrected chi connectivity index (χ3v) is 4.52. The fourth-order valence-electron chi connectivity index (χ4n) is 3.40. The predicted octanol–water partition coefficient (Wildman–Crippen LogP) is 2.03. The van der Waals surface area contributed by atoms with Crippen LogP contribution < -0.4 is 0 Å². The van der Waals surface area contributed by atoms with Gasteiger partial charge in [0.25, 0.3) is 0 Å². The highest BCUT2D eigenvalue weighted by Crippen LogP contribution is 2.38. The topological polar surface area (TPSA) is 57.6 Å². The second kappa shape index (κ2) is 5.56. The lowest BCUT2D eigenvalue weighted by molar-refractivity contribution is -0.141. The van der Waals surface area contributed by atoms with Crippen LogP contribution in [-0.2, 0) is 9.59 Å². The van der Waals surface area contributed by atoms with Crippen LogP contribution in [0.2, 0.25) is 0 Å². The van der Waals surface area contributed by atoms with Crippen molar-refractivity contribution in [1.29, 1.82) is 0 Å². The van der Waals surface area contributed by atoms with E-state index < -0.39 is 11.9 Å². The maximum atomic E-state index is 13.2.